The van der Waals surface area contributed by atoms with E-state index in [2.05, 4.69) is 52.7 Å². The number of nitrogens with zero attached hydrogens (tertiary/aromatic N) is 2. The zero-order valence-electron chi connectivity index (χ0n) is 16.7. The Bertz CT molecular complexity index is 775. The van der Waals surface area contributed by atoms with Gasteiger partial charge < -0.3 is 20.1 Å². The highest BCUT2D eigenvalue weighted by atomic mass is 127. The molecule has 1 atom stereocenters. The summed E-state index contributed by atoms with van der Waals surface area (Å²) in [6.45, 7) is 7.05. The van der Waals surface area contributed by atoms with Gasteiger partial charge in [0.15, 0.2) is 5.96 Å². The summed E-state index contributed by atoms with van der Waals surface area (Å²) in [7, 11) is 1.78. The van der Waals surface area contributed by atoms with E-state index in [1.54, 1.807) is 18.4 Å². The number of guanidine groups is 1. The lowest BCUT2D eigenvalue weighted by Gasteiger charge is -2.18. The molecule has 2 aromatic rings. The highest BCUT2D eigenvalue weighted by Crippen LogP contribution is 2.23. The molecule has 1 fully saturated rings. The molecule has 1 aliphatic rings. The van der Waals surface area contributed by atoms with Crippen LogP contribution in [-0.4, -0.2) is 43.9 Å². The first-order valence-electron chi connectivity index (χ1n) is 9.34. The summed E-state index contributed by atoms with van der Waals surface area (Å²) < 4.78 is 11.6. The van der Waals surface area contributed by atoms with Crippen LogP contribution in [0.4, 0.5) is 0 Å². The van der Waals surface area contributed by atoms with Crippen molar-refractivity contribution < 1.29 is 9.47 Å². The number of benzene rings is 1. The Hall–Kier alpha value is -1.39. The van der Waals surface area contributed by atoms with Crippen LogP contribution in [0.2, 0.25) is 0 Å². The van der Waals surface area contributed by atoms with Gasteiger partial charge in [-0.25, -0.2) is 4.98 Å². The number of hydrogen-bond acceptors (Lipinski definition) is 5. The molecule has 0 saturated carbocycles. The van der Waals surface area contributed by atoms with E-state index in [-0.39, 0.29) is 30.1 Å². The molecule has 0 radical (unpaired) electrons. The van der Waals surface area contributed by atoms with Gasteiger partial charge in [0.1, 0.15) is 11.9 Å². The number of aromatic nitrogens is 1. The molecular weight excluding hydrogens is 487 g/mol. The molecule has 1 aliphatic heterocycles. The first-order chi connectivity index (χ1) is 13.1. The molecule has 8 heteroatoms. The van der Waals surface area contributed by atoms with Gasteiger partial charge in [0, 0.05) is 49.6 Å². The van der Waals surface area contributed by atoms with Crippen LogP contribution in [0.25, 0.3) is 0 Å². The molecule has 0 bridgehead atoms. The average Bonchev–Trinajstić information content (AvgIpc) is 3.31. The van der Waals surface area contributed by atoms with Crippen LogP contribution in [0.5, 0.6) is 5.75 Å². The van der Waals surface area contributed by atoms with E-state index < -0.39 is 0 Å². The van der Waals surface area contributed by atoms with Crippen molar-refractivity contribution in [3.8, 4) is 5.75 Å². The maximum atomic E-state index is 6.16. The van der Waals surface area contributed by atoms with Crippen molar-refractivity contribution in [2.24, 2.45) is 4.99 Å². The van der Waals surface area contributed by atoms with E-state index in [4.69, 9.17) is 9.47 Å². The van der Waals surface area contributed by atoms with E-state index in [1.165, 1.54) is 10.4 Å². The topological polar surface area (TPSA) is 67.8 Å². The Kier molecular flexibility index (Phi) is 9.46. The van der Waals surface area contributed by atoms with Crippen molar-refractivity contribution in [1.29, 1.82) is 0 Å². The minimum atomic E-state index is 0. The Morgan fingerprint density at radius 1 is 1.36 bits per heavy atom. The lowest BCUT2D eigenvalue weighted by molar-refractivity contribution is 0.140. The summed E-state index contributed by atoms with van der Waals surface area (Å²) in [4.78, 5) is 9.94. The molecule has 2 N–H and O–H groups in total. The van der Waals surface area contributed by atoms with Crippen LogP contribution in [0, 0.1) is 13.8 Å². The molecule has 154 valence electrons. The maximum absolute atomic E-state index is 6.16. The summed E-state index contributed by atoms with van der Waals surface area (Å²) >= 11 is 1.74. The van der Waals surface area contributed by atoms with Crippen LogP contribution < -0.4 is 15.4 Å². The smallest absolute Gasteiger partial charge is 0.191 e. The summed E-state index contributed by atoms with van der Waals surface area (Å²) in [6.07, 6.45) is 3.89. The molecule has 1 unspecified atom stereocenters. The lowest BCUT2D eigenvalue weighted by atomic mass is 10.1. The number of halogens is 1. The third kappa shape index (κ3) is 6.89. The second-order valence-corrected chi connectivity index (χ2v) is 8.00. The zero-order valence-corrected chi connectivity index (χ0v) is 19.8. The van der Waals surface area contributed by atoms with E-state index in [9.17, 15) is 0 Å². The third-order valence-electron chi connectivity index (χ3n) is 4.37. The van der Waals surface area contributed by atoms with Crippen LogP contribution >= 0.6 is 35.3 Å². The summed E-state index contributed by atoms with van der Waals surface area (Å²) in [5, 5.41) is 7.86. The number of hydrogen-bond donors (Lipinski definition) is 2. The van der Waals surface area contributed by atoms with Gasteiger partial charge in [-0.15, -0.1) is 35.3 Å². The van der Waals surface area contributed by atoms with Crippen LogP contribution in [0.3, 0.4) is 0 Å². The Morgan fingerprint density at radius 3 is 2.89 bits per heavy atom. The van der Waals surface area contributed by atoms with Gasteiger partial charge in [0.05, 0.1) is 18.2 Å². The van der Waals surface area contributed by atoms with Gasteiger partial charge in [-0.2, -0.15) is 0 Å². The van der Waals surface area contributed by atoms with Crippen molar-refractivity contribution in [2.45, 2.75) is 39.3 Å². The number of aryl methyl sites for hydroxylation is 2. The molecule has 1 saturated heterocycles. The fourth-order valence-corrected chi connectivity index (χ4v) is 3.69. The highest BCUT2D eigenvalue weighted by molar-refractivity contribution is 14.0. The summed E-state index contributed by atoms with van der Waals surface area (Å²) in [6, 6.07) is 6.31. The second kappa shape index (κ2) is 11.6. The van der Waals surface area contributed by atoms with Crippen molar-refractivity contribution in [2.75, 3.05) is 26.8 Å². The number of rotatable bonds is 7. The van der Waals surface area contributed by atoms with E-state index in [1.807, 2.05) is 6.20 Å². The van der Waals surface area contributed by atoms with Crippen LogP contribution in [0.15, 0.2) is 29.4 Å². The Balaban J connectivity index is 0.00000280. The van der Waals surface area contributed by atoms with Crippen LogP contribution in [-0.2, 0) is 17.7 Å². The molecule has 1 aromatic heterocycles. The second-order valence-electron chi connectivity index (χ2n) is 6.68. The number of ether oxygens (including phenoxy) is 2. The van der Waals surface area contributed by atoms with Crippen LogP contribution in [0.1, 0.15) is 27.4 Å². The standard InChI is InChI=1S/C20H28N4O2S.HI/c1-14-4-5-16(18(10-14)26-17-7-9-25-13-17)12-24-20(21-3)22-8-6-19-23-11-15(2)27-19;/h4-5,10-11,17H,6-9,12-13H2,1-3H3,(H2,21,22,24);1H. The monoisotopic (exact) mass is 516 g/mol. The Labute approximate surface area is 188 Å². The number of aliphatic imine (C=N–C) groups is 1. The SMILES string of the molecule is CN=C(NCCc1ncc(C)s1)NCc1ccc(C)cc1OC1CCOC1.I. The van der Waals surface area contributed by atoms with Gasteiger partial charge in [0.25, 0.3) is 0 Å². The molecule has 3 rings (SSSR count). The zero-order chi connectivity index (χ0) is 19.1. The largest absolute Gasteiger partial charge is 0.488 e. The predicted octanol–water partition coefficient (Wildman–Crippen LogP) is 3.45. The van der Waals surface area contributed by atoms with Crippen molar-refractivity contribution in [3.05, 3.63) is 45.4 Å². The molecule has 0 aliphatic carbocycles. The first kappa shape index (κ1) is 22.9. The average molecular weight is 516 g/mol. The maximum Gasteiger partial charge on any atom is 0.191 e. The van der Waals surface area contributed by atoms with Crippen molar-refractivity contribution in [3.63, 3.8) is 0 Å². The highest BCUT2D eigenvalue weighted by Gasteiger charge is 2.18. The van der Waals surface area contributed by atoms with E-state index in [0.29, 0.717) is 13.2 Å². The van der Waals surface area contributed by atoms with Gasteiger partial charge in [-0.1, -0.05) is 12.1 Å². The fraction of sp³-hybridized carbons (Fsp3) is 0.500. The minimum absolute atomic E-state index is 0. The Morgan fingerprint density at radius 2 is 2.21 bits per heavy atom. The molecular formula is C20H29IN4O2S. The predicted molar refractivity (Wildman–Crippen MR) is 125 cm³/mol. The quantitative estimate of drug-likeness (QED) is 0.335. The van der Waals surface area contributed by atoms with Crippen molar-refractivity contribution >= 4 is 41.3 Å². The van der Waals surface area contributed by atoms with Gasteiger partial charge >= 0.3 is 0 Å². The van der Waals surface area contributed by atoms with Crippen molar-refractivity contribution in [1.82, 2.24) is 15.6 Å². The minimum Gasteiger partial charge on any atom is -0.488 e. The van der Waals surface area contributed by atoms with Gasteiger partial charge in [-0.3, -0.25) is 4.99 Å². The molecule has 1 aromatic carbocycles. The van der Waals surface area contributed by atoms with E-state index >= 15 is 0 Å². The number of thiazole rings is 1. The van der Waals surface area contributed by atoms with Gasteiger partial charge in [-0.05, 0) is 25.5 Å². The summed E-state index contributed by atoms with van der Waals surface area (Å²) in [5.74, 6) is 1.70. The molecule has 6 nitrogen and oxygen atoms in total. The number of nitrogens with one attached hydrogen (secondary N) is 2. The molecule has 0 amide bonds. The molecule has 28 heavy (non-hydrogen) atoms. The third-order valence-corrected chi connectivity index (χ3v) is 5.35. The summed E-state index contributed by atoms with van der Waals surface area (Å²) in [5.41, 5.74) is 2.31. The first-order valence-corrected chi connectivity index (χ1v) is 10.2. The van der Waals surface area contributed by atoms with Gasteiger partial charge in [0.2, 0.25) is 0 Å². The molecule has 0 spiro atoms. The van der Waals surface area contributed by atoms with E-state index in [0.717, 1.165) is 48.3 Å². The normalized spacial score (nSPS) is 16.5. The fourth-order valence-electron chi connectivity index (χ4n) is 2.91. The molecule has 2 heterocycles. The lowest BCUT2D eigenvalue weighted by Crippen LogP contribution is -2.38.